The maximum Gasteiger partial charge on any atom is 0.246 e. The molecule has 5 rings (SSSR count). The molecule has 1 saturated carbocycles. The van der Waals surface area contributed by atoms with Crippen LogP contribution in [-0.4, -0.2) is 41.4 Å². The summed E-state index contributed by atoms with van der Waals surface area (Å²) in [6, 6.07) is 7.69. The predicted octanol–water partition coefficient (Wildman–Crippen LogP) is 3.46. The molecule has 164 valence electrons. The molecule has 0 aromatic heterocycles. The minimum Gasteiger partial charge on any atom is -0.350 e. The van der Waals surface area contributed by atoms with Crippen LogP contribution < -0.4 is 10.6 Å². The third-order valence-corrected chi connectivity index (χ3v) is 7.39. The number of piperidine rings is 2. The van der Waals surface area contributed by atoms with Crippen molar-refractivity contribution in [2.24, 2.45) is 29.6 Å². The fourth-order valence-electron chi connectivity index (χ4n) is 6.19. The Bertz CT molecular complexity index is 809. The van der Waals surface area contributed by atoms with Gasteiger partial charge in [-0.15, -0.1) is 0 Å². The molecule has 3 saturated heterocycles. The van der Waals surface area contributed by atoms with E-state index >= 15 is 0 Å². The number of nitrogens with zero attached hydrogens (tertiary/aromatic N) is 1. The molecule has 0 radical (unpaired) electrons. The molecule has 4 bridgehead atoms. The fourth-order valence-corrected chi connectivity index (χ4v) is 6.31. The molecule has 6 heteroatoms. The summed E-state index contributed by atoms with van der Waals surface area (Å²) in [5.41, 5.74) is 0.202. The molecule has 0 spiro atoms. The highest BCUT2D eigenvalue weighted by Gasteiger charge is 2.67. The summed E-state index contributed by atoms with van der Waals surface area (Å²) in [5.74, 6) is 1.49. The Morgan fingerprint density at radius 1 is 1.23 bits per heavy atom. The molecule has 4 aliphatic rings. The van der Waals surface area contributed by atoms with E-state index in [1.165, 1.54) is 0 Å². The Hall–Kier alpha value is -1.59. The lowest BCUT2D eigenvalue weighted by molar-refractivity contribution is -0.155. The number of fused-ring (bicyclic) bond motifs is 1. The van der Waals surface area contributed by atoms with Gasteiger partial charge in [0.2, 0.25) is 11.8 Å². The lowest BCUT2D eigenvalue weighted by atomic mass is 9.57. The van der Waals surface area contributed by atoms with Crippen LogP contribution in [0.25, 0.3) is 0 Å². The van der Waals surface area contributed by atoms with Crippen molar-refractivity contribution in [1.82, 2.24) is 15.5 Å². The first-order valence-corrected chi connectivity index (χ1v) is 11.7. The first-order valence-electron chi connectivity index (χ1n) is 11.3. The summed E-state index contributed by atoms with van der Waals surface area (Å²) in [7, 11) is 0. The van der Waals surface area contributed by atoms with Crippen LogP contribution >= 0.6 is 11.6 Å². The van der Waals surface area contributed by atoms with Crippen molar-refractivity contribution < 1.29 is 9.59 Å². The highest BCUT2D eigenvalue weighted by atomic mass is 35.5. The summed E-state index contributed by atoms with van der Waals surface area (Å²) in [4.78, 5) is 29.2. The molecule has 5 atom stereocenters. The number of nitrogens with one attached hydrogen (secondary N) is 2. The van der Waals surface area contributed by atoms with Gasteiger partial charge in [-0.2, -0.15) is 0 Å². The van der Waals surface area contributed by atoms with Crippen molar-refractivity contribution in [3.8, 4) is 0 Å². The van der Waals surface area contributed by atoms with Crippen molar-refractivity contribution in [1.29, 1.82) is 0 Å². The monoisotopic (exact) mass is 431 g/mol. The van der Waals surface area contributed by atoms with Crippen molar-refractivity contribution in [2.45, 2.75) is 58.7 Å². The van der Waals surface area contributed by atoms with Crippen LogP contribution in [0.3, 0.4) is 0 Å². The van der Waals surface area contributed by atoms with Gasteiger partial charge in [-0.25, -0.2) is 0 Å². The highest BCUT2D eigenvalue weighted by Crippen LogP contribution is 2.54. The van der Waals surface area contributed by atoms with E-state index in [9.17, 15) is 9.59 Å². The van der Waals surface area contributed by atoms with Crippen LogP contribution in [0, 0.1) is 29.6 Å². The van der Waals surface area contributed by atoms with E-state index < -0.39 is 5.54 Å². The fraction of sp³-hybridized carbons (Fsp3) is 0.667. The molecule has 5 nitrogen and oxygen atoms in total. The van der Waals surface area contributed by atoms with E-state index in [0.717, 1.165) is 31.5 Å². The van der Waals surface area contributed by atoms with Crippen molar-refractivity contribution in [3.63, 3.8) is 0 Å². The van der Waals surface area contributed by atoms with Gasteiger partial charge in [0.25, 0.3) is 0 Å². The molecule has 3 aliphatic heterocycles. The first-order chi connectivity index (χ1) is 14.2. The summed E-state index contributed by atoms with van der Waals surface area (Å²) < 4.78 is 0. The SMILES string of the molecule is CC(C)C[C@H]1[C@@H]2[C@@H]3C(=O)N[C@@]1(C(=O)NCc1ccc(Cl)cc1)C[C@@H]3CN2CC(C)C. The number of hydrogen-bond acceptors (Lipinski definition) is 3. The Morgan fingerprint density at radius 3 is 2.57 bits per heavy atom. The number of amides is 2. The van der Waals surface area contributed by atoms with Gasteiger partial charge in [0.05, 0.1) is 5.92 Å². The molecule has 30 heavy (non-hydrogen) atoms. The lowest BCUT2D eigenvalue weighted by Gasteiger charge is -2.55. The third-order valence-electron chi connectivity index (χ3n) is 7.14. The average Bonchev–Trinajstić information content (AvgIpc) is 2.97. The predicted molar refractivity (Wildman–Crippen MR) is 119 cm³/mol. The normalized spacial score (nSPS) is 32.7. The van der Waals surface area contributed by atoms with E-state index in [1.54, 1.807) is 0 Å². The molecule has 3 heterocycles. The van der Waals surface area contributed by atoms with Crippen LogP contribution in [0.2, 0.25) is 5.02 Å². The van der Waals surface area contributed by atoms with E-state index in [1.807, 2.05) is 24.3 Å². The molecule has 2 amide bonds. The molecule has 2 N–H and O–H groups in total. The second-order valence-electron chi connectivity index (χ2n) is 10.3. The van der Waals surface area contributed by atoms with Crippen LogP contribution in [0.5, 0.6) is 0 Å². The van der Waals surface area contributed by atoms with E-state index in [0.29, 0.717) is 23.4 Å². The minimum absolute atomic E-state index is 0.0263. The van der Waals surface area contributed by atoms with E-state index in [4.69, 9.17) is 11.6 Å². The van der Waals surface area contributed by atoms with Crippen LogP contribution in [0.4, 0.5) is 0 Å². The number of halogens is 1. The van der Waals surface area contributed by atoms with Gasteiger partial charge in [0.1, 0.15) is 5.54 Å². The van der Waals surface area contributed by atoms with Gasteiger partial charge in [0.15, 0.2) is 0 Å². The highest BCUT2D eigenvalue weighted by molar-refractivity contribution is 6.30. The number of carbonyl (C=O) groups is 2. The average molecular weight is 432 g/mol. The van der Waals surface area contributed by atoms with Crippen molar-refractivity contribution in [2.75, 3.05) is 13.1 Å². The van der Waals surface area contributed by atoms with Gasteiger partial charge >= 0.3 is 0 Å². The zero-order valence-electron chi connectivity index (χ0n) is 18.5. The largest absolute Gasteiger partial charge is 0.350 e. The number of carbonyl (C=O) groups excluding carboxylic acids is 2. The Labute approximate surface area is 184 Å². The van der Waals surface area contributed by atoms with Crippen molar-refractivity contribution >= 4 is 23.4 Å². The second kappa shape index (κ2) is 8.16. The number of rotatable bonds is 7. The smallest absolute Gasteiger partial charge is 0.246 e. The van der Waals surface area contributed by atoms with E-state index in [2.05, 4.69) is 43.2 Å². The second-order valence-corrected chi connectivity index (χ2v) is 10.8. The maximum absolute atomic E-state index is 13.6. The minimum atomic E-state index is -0.802. The zero-order chi connectivity index (χ0) is 21.6. The maximum atomic E-state index is 13.6. The molecule has 1 aromatic rings. The summed E-state index contributed by atoms with van der Waals surface area (Å²) >= 11 is 5.98. The Kier molecular flexibility index (Phi) is 5.88. The number of benzene rings is 1. The Morgan fingerprint density at radius 2 is 1.93 bits per heavy atom. The number of hydrogen-bond donors (Lipinski definition) is 2. The molecule has 4 fully saturated rings. The van der Waals surface area contributed by atoms with Gasteiger partial charge in [-0.05, 0) is 48.3 Å². The quantitative estimate of drug-likeness (QED) is 0.694. The molecule has 0 unspecified atom stereocenters. The topological polar surface area (TPSA) is 61.4 Å². The van der Waals surface area contributed by atoms with E-state index in [-0.39, 0.29) is 35.6 Å². The molecule has 1 aliphatic carbocycles. The third kappa shape index (κ3) is 3.75. The van der Waals surface area contributed by atoms with Gasteiger partial charge in [-0.1, -0.05) is 51.4 Å². The summed E-state index contributed by atoms with van der Waals surface area (Å²) in [5, 5.41) is 7.02. The molecular formula is C24H34ClN3O2. The van der Waals surface area contributed by atoms with Crippen LogP contribution in [0.1, 0.15) is 46.1 Å². The van der Waals surface area contributed by atoms with Gasteiger partial charge in [0, 0.05) is 36.6 Å². The lowest BCUT2D eigenvalue weighted by Crippen LogP contribution is -2.76. The van der Waals surface area contributed by atoms with Crippen molar-refractivity contribution in [3.05, 3.63) is 34.9 Å². The Balaban J connectivity index is 1.61. The van der Waals surface area contributed by atoms with Gasteiger partial charge < -0.3 is 10.6 Å². The number of likely N-dealkylation sites (tertiary alicyclic amines) is 1. The van der Waals surface area contributed by atoms with Gasteiger partial charge in [-0.3, -0.25) is 14.5 Å². The zero-order valence-corrected chi connectivity index (χ0v) is 19.2. The first kappa shape index (κ1) is 21.6. The summed E-state index contributed by atoms with van der Waals surface area (Å²) in [6.45, 7) is 11.2. The molecule has 1 aromatic carbocycles. The van der Waals surface area contributed by atoms with Crippen LogP contribution in [-0.2, 0) is 16.1 Å². The van der Waals surface area contributed by atoms with Crippen LogP contribution in [0.15, 0.2) is 24.3 Å². The standard InChI is InChI=1S/C24H34ClN3O2/c1-14(2)9-19-21-20-17(13-28(21)12-15(3)4)10-24(19,27-22(20)29)23(30)26-11-16-5-7-18(25)8-6-16/h5-8,14-15,17,19-21H,9-13H2,1-4H3,(H,26,30)(H,27,29)/t17-,19+,20-,21-,24+/m1/s1. The molecular weight excluding hydrogens is 398 g/mol. The summed E-state index contributed by atoms with van der Waals surface area (Å²) in [6.07, 6.45) is 1.69.